The molecule has 2 heterocycles. The second-order valence-electron chi connectivity index (χ2n) is 5.86. The van der Waals surface area contributed by atoms with Crippen LogP contribution in [0, 0.1) is 0 Å². The van der Waals surface area contributed by atoms with Gasteiger partial charge < -0.3 is 30.0 Å². The number of esters is 2. The number of aliphatic hydroxyl groups is 1. The monoisotopic (exact) mass is 370 g/mol. The first-order valence-corrected chi connectivity index (χ1v) is 8.25. The molecule has 3 N–H and O–H groups in total. The zero-order valence-electron chi connectivity index (χ0n) is 15.0. The molecule has 3 atom stereocenters. The lowest BCUT2D eigenvalue weighted by Gasteiger charge is -2.27. The summed E-state index contributed by atoms with van der Waals surface area (Å²) in [5.41, 5.74) is 5.43. The Kier molecular flexibility index (Phi) is 9.38. The van der Waals surface area contributed by atoms with E-state index in [-0.39, 0.29) is 25.3 Å². The maximum atomic E-state index is 11.6. The first kappa shape index (κ1) is 21.7. The number of nitrogens with two attached hydrogens (primary N) is 1. The Morgan fingerprint density at radius 3 is 2.81 bits per heavy atom. The first-order valence-electron chi connectivity index (χ1n) is 8.25. The van der Waals surface area contributed by atoms with Crippen LogP contribution >= 0.6 is 0 Å². The molecule has 0 aromatic carbocycles. The third kappa shape index (κ3) is 7.24. The van der Waals surface area contributed by atoms with Gasteiger partial charge in [0.1, 0.15) is 12.8 Å². The van der Waals surface area contributed by atoms with Crippen LogP contribution in [0.25, 0.3) is 0 Å². The smallest absolute Gasteiger partial charge is 0.335 e. The fourth-order valence-corrected chi connectivity index (χ4v) is 2.54. The lowest BCUT2D eigenvalue weighted by Crippen LogP contribution is -2.30. The number of allylic oxidation sites excluding steroid dienone is 2. The molecule has 9 heteroatoms. The van der Waals surface area contributed by atoms with Gasteiger partial charge in [-0.05, 0) is 26.2 Å². The van der Waals surface area contributed by atoms with E-state index < -0.39 is 24.5 Å². The van der Waals surface area contributed by atoms with E-state index in [4.69, 9.17) is 14.3 Å². The van der Waals surface area contributed by atoms with Gasteiger partial charge >= 0.3 is 11.9 Å². The Balaban J connectivity index is 0.00000105. The summed E-state index contributed by atoms with van der Waals surface area (Å²) < 4.78 is 15.3. The first-order chi connectivity index (χ1) is 12.4. The van der Waals surface area contributed by atoms with E-state index in [1.165, 1.54) is 5.57 Å². The van der Waals surface area contributed by atoms with Crippen molar-refractivity contribution in [2.45, 2.75) is 51.0 Å². The second kappa shape index (κ2) is 11.3. The Morgan fingerprint density at radius 1 is 1.50 bits per heavy atom. The quantitative estimate of drug-likeness (QED) is 0.501. The standard InChI is InChI=1S/C16H23NO6.CH3NO/c1-11-4-3-7-17(9-11)14-6-5-12(23-14)10-22-15(19)8-13(18)16(20)21-2;2-1-3/h3,7,9,12-14,18H,4-6,8,10H2,1-2H3;1H,(H2,2,3). The highest BCUT2D eigenvalue weighted by Gasteiger charge is 2.30. The number of amides is 1. The minimum absolute atomic E-state index is 0.0501. The number of ether oxygens (including phenoxy) is 3. The van der Waals surface area contributed by atoms with Gasteiger partial charge in [0.2, 0.25) is 6.41 Å². The molecule has 0 saturated carbocycles. The highest BCUT2D eigenvalue weighted by atomic mass is 16.6. The molecule has 1 fully saturated rings. The highest BCUT2D eigenvalue weighted by molar-refractivity contribution is 5.81. The summed E-state index contributed by atoms with van der Waals surface area (Å²) in [5.74, 6) is -1.50. The van der Waals surface area contributed by atoms with Gasteiger partial charge in [0.05, 0.1) is 19.6 Å². The normalized spacial score (nSPS) is 22.6. The molecule has 2 aliphatic heterocycles. The number of carbonyl (C=O) groups is 3. The predicted molar refractivity (Wildman–Crippen MR) is 91.1 cm³/mol. The molecular formula is C17H26N2O7. The molecule has 0 spiro atoms. The van der Waals surface area contributed by atoms with Crippen molar-refractivity contribution in [2.75, 3.05) is 13.7 Å². The fraction of sp³-hybridized carbons (Fsp3) is 0.588. The van der Waals surface area contributed by atoms with Crippen molar-refractivity contribution in [3.63, 3.8) is 0 Å². The number of aliphatic hydroxyl groups excluding tert-OH is 1. The Hall–Kier alpha value is -2.39. The molecule has 3 unspecified atom stereocenters. The van der Waals surface area contributed by atoms with E-state index >= 15 is 0 Å². The maximum Gasteiger partial charge on any atom is 0.335 e. The van der Waals surface area contributed by atoms with E-state index in [1.807, 2.05) is 11.1 Å². The van der Waals surface area contributed by atoms with Crippen LogP contribution < -0.4 is 5.73 Å². The second-order valence-corrected chi connectivity index (χ2v) is 5.86. The molecule has 0 aromatic rings. The van der Waals surface area contributed by atoms with Crippen LogP contribution in [0.3, 0.4) is 0 Å². The van der Waals surface area contributed by atoms with Crippen LogP contribution in [0.4, 0.5) is 0 Å². The number of primary amides is 1. The molecule has 2 aliphatic rings. The fourth-order valence-electron chi connectivity index (χ4n) is 2.54. The molecule has 26 heavy (non-hydrogen) atoms. The molecule has 0 bridgehead atoms. The molecule has 1 amide bonds. The van der Waals surface area contributed by atoms with E-state index in [0.717, 1.165) is 26.4 Å². The predicted octanol–water partition coefficient (Wildman–Crippen LogP) is 0.183. The molecule has 146 valence electrons. The largest absolute Gasteiger partial charge is 0.467 e. The van der Waals surface area contributed by atoms with Gasteiger partial charge in [-0.3, -0.25) is 9.59 Å². The van der Waals surface area contributed by atoms with Crippen molar-refractivity contribution in [1.82, 2.24) is 4.90 Å². The number of carbonyl (C=O) groups excluding carboxylic acids is 3. The van der Waals surface area contributed by atoms with Crippen LogP contribution in [0.2, 0.25) is 0 Å². The Bertz CT molecular complexity index is 547. The molecule has 0 aliphatic carbocycles. The molecule has 0 aromatic heterocycles. The molecule has 9 nitrogen and oxygen atoms in total. The highest BCUT2D eigenvalue weighted by Crippen LogP contribution is 2.26. The van der Waals surface area contributed by atoms with Gasteiger partial charge in [-0.2, -0.15) is 0 Å². The van der Waals surface area contributed by atoms with Crippen LogP contribution in [0.1, 0.15) is 32.6 Å². The minimum atomic E-state index is -1.49. The zero-order chi connectivity index (χ0) is 19.5. The van der Waals surface area contributed by atoms with Crippen LogP contribution in [0.5, 0.6) is 0 Å². The lowest BCUT2D eigenvalue weighted by molar-refractivity contribution is -0.160. The van der Waals surface area contributed by atoms with Gasteiger partial charge in [-0.25, -0.2) is 4.79 Å². The molecule has 1 saturated heterocycles. The average Bonchev–Trinajstić information content (AvgIpc) is 3.09. The third-order valence-corrected chi connectivity index (χ3v) is 3.77. The maximum absolute atomic E-state index is 11.6. The van der Waals surface area contributed by atoms with Crippen molar-refractivity contribution in [2.24, 2.45) is 5.73 Å². The van der Waals surface area contributed by atoms with Gasteiger partial charge in [0.25, 0.3) is 0 Å². The van der Waals surface area contributed by atoms with Gasteiger partial charge in [0.15, 0.2) is 6.10 Å². The number of hydrogen-bond acceptors (Lipinski definition) is 8. The van der Waals surface area contributed by atoms with Crippen LogP contribution in [0.15, 0.2) is 24.0 Å². The molecule has 2 rings (SSSR count). The van der Waals surface area contributed by atoms with Crippen LogP contribution in [-0.2, 0) is 28.6 Å². The van der Waals surface area contributed by atoms with E-state index in [2.05, 4.69) is 29.7 Å². The average molecular weight is 370 g/mol. The van der Waals surface area contributed by atoms with Crippen molar-refractivity contribution in [3.8, 4) is 0 Å². The number of rotatable bonds is 6. The lowest BCUT2D eigenvalue weighted by atomic mass is 10.2. The van der Waals surface area contributed by atoms with E-state index in [1.54, 1.807) is 0 Å². The summed E-state index contributed by atoms with van der Waals surface area (Å²) in [6, 6.07) is 0. The van der Waals surface area contributed by atoms with Gasteiger partial charge in [-0.15, -0.1) is 0 Å². The number of methoxy groups -OCH3 is 1. The van der Waals surface area contributed by atoms with Gasteiger partial charge in [-0.1, -0.05) is 11.6 Å². The number of hydrogen-bond donors (Lipinski definition) is 2. The molecule has 0 radical (unpaired) electrons. The third-order valence-electron chi connectivity index (χ3n) is 3.77. The van der Waals surface area contributed by atoms with Crippen molar-refractivity contribution in [3.05, 3.63) is 24.0 Å². The van der Waals surface area contributed by atoms with E-state index in [0.29, 0.717) is 0 Å². The summed E-state index contributed by atoms with van der Waals surface area (Å²) in [5, 5.41) is 9.39. The Morgan fingerprint density at radius 2 is 2.19 bits per heavy atom. The van der Waals surface area contributed by atoms with E-state index in [9.17, 15) is 14.7 Å². The molecular weight excluding hydrogens is 344 g/mol. The topological polar surface area (TPSA) is 128 Å². The van der Waals surface area contributed by atoms with Gasteiger partial charge in [0, 0.05) is 12.4 Å². The van der Waals surface area contributed by atoms with Crippen molar-refractivity contribution < 1.29 is 33.7 Å². The van der Waals surface area contributed by atoms with Crippen LogP contribution in [-0.4, -0.2) is 60.5 Å². The summed E-state index contributed by atoms with van der Waals surface area (Å²) >= 11 is 0. The minimum Gasteiger partial charge on any atom is -0.467 e. The SMILES string of the molecule is COC(=O)C(O)CC(=O)OCC1CCC(N2C=CCC(C)=C2)O1.NC=O. The van der Waals surface area contributed by atoms with Crippen molar-refractivity contribution >= 4 is 18.3 Å². The zero-order valence-corrected chi connectivity index (χ0v) is 15.0. The summed E-state index contributed by atoms with van der Waals surface area (Å²) in [7, 11) is 1.15. The summed E-state index contributed by atoms with van der Waals surface area (Å²) in [6.45, 7) is 2.18. The summed E-state index contributed by atoms with van der Waals surface area (Å²) in [4.78, 5) is 33.2. The van der Waals surface area contributed by atoms with Crippen molar-refractivity contribution in [1.29, 1.82) is 0 Å². The number of nitrogens with zero attached hydrogens (tertiary/aromatic N) is 1. The Labute approximate surface area is 152 Å². The summed E-state index contributed by atoms with van der Waals surface area (Å²) in [6.07, 6.45) is 6.85.